The Kier molecular flexibility index (Phi) is 7.07. The van der Waals surface area contributed by atoms with Gasteiger partial charge >= 0.3 is 0 Å². The number of aryl methyl sites for hydroxylation is 2. The van der Waals surface area contributed by atoms with Gasteiger partial charge in [0.1, 0.15) is 17.3 Å². The van der Waals surface area contributed by atoms with Gasteiger partial charge in [0.25, 0.3) is 5.91 Å². The van der Waals surface area contributed by atoms with E-state index >= 15 is 0 Å². The monoisotopic (exact) mass is 493 g/mol. The molecule has 1 N–H and O–H groups in total. The summed E-state index contributed by atoms with van der Waals surface area (Å²) in [6.07, 6.45) is 1.96. The highest BCUT2D eigenvalue weighted by Gasteiger charge is 2.23. The predicted octanol–water partition coefficient (Wildman–Crippen LogP) is 3.96. The second-order valence-corrected chi connectivity index (χ2v) is 9.25. The van der Waals surface area contributed by atoms with Crippen molar-refractivity contribution in [2.45, 2.75) is 19.9 Å². The number of benzene rings is 1. The van der Waals surface area contributed by atoms with E-state index in [0.29, 0.717) is 16.4 Å². The van der Waals surface area contributed by atoms with Crippen molar-refractivity contribution in [3.63, 3.8) is 0 Å². The standard InChI is InChI=1S/C26H27N3O5S/c1-16-5-7-18(34-16)15-29(12-11-23(30)27-2)26(32)22-13-20-21(33-4)9-8-19(25(20)35-22)17-6-10-24(31)28(3)14-17/h5-10,13-14H,11-12,15H2,1-4H3,(H,27,30). The zero-order chi connectivity index (χ0) is 25.1. The smallest absolute Gasteiger partial charge is 0.264 e. The van der Waals surface area contributed by atoms with Gasteiger partial charge in [-0.15, -0.1) is 11.3 Å². The van der Waals surface area contributed by atoms with Crippen LogP contribution in [-0.2, 0) is 18.4 Å². The predicted molar refractivity (Wildman–Crippen MR) is 136 cm³/mol. The molecule has 0 atom stereocenters. The maximum absolute atomic E-state index is 13.6. The Morgan fingerprint density at radius 3 is 2.63 bits per heavy atom. The van der Waals surface area contributed by atoms with Crippen molar-refractivity contribution in [2.75, 3.05) is 20.7 Å². The van der Waals surface area contributed by atoms with Crippen molar-refractivity contribution in [2.24, 2.45) is 7.05 Å². The molecule has 0 bridgehead atoms. The molecule has 0 spiro atoms. The lowest BCUT2D eigenvalue weighted by Gasteiger charge is -2.20. The summed E-state index contributed by atoms with van der Waals surface area (Å²) in [6.45, 7) is 2.35. The number of aromatic nitrogens is 1. The average Bonchev–Trinajstić information content (AvgIpc) is 3.48. The van der Waals surface area contributed by atoms with Crippen molar-refractivity contribution in [1.29, 1.82) is 0 Å². The van der Waals surface area contributed by atoms with Crippen LogP contribution in [0.15, 0.2) is 57.9 Å². The average molecular weight is 494 g/mol. The molecule has 9 heteroatoms. The third kappa shape index (κ3) is 5.14. The highest BCUT2D eigenvalue weighted by atomic mass is 32.1. The van der Waals surface area contributed by atoms with Gasteiger partial charge in [0.2, 0.25) is 11.5 Å². The molecule has 4 aromatic rings. The number of ether oxygens (including phenoxy) is 1. The van der Waals surface area contributed by atoms with Crippen molar-refractivity contribution in [1.82, 2.24) is 14.8 Å². The zero-order valence-electron chi connectivity index (χ0n) is 20.1. The first-order chi connectivity index (χ1) is 16.8. The minimum Gasteiger partial charge on any atom is -0.496 e. The number of fused-ring (bicyclic) bond motifs is 1. The van der Waals surface area contributed by atoms with Crippen molar-refractivity contribution >= 4 is 33.2 Å². The van der Waals surface area contributed by atoms with E-state index in [9.17, 15) is 14.4 Å². The Morgan fingerprint density at radius 2 is 1.97 bits per heavy atom. The first-order valence-corrected chi connectivity index (χ1v) is 11.9. The van der Waals surface area contributed by atoms with Crippen molar-refractivity contribution in [3.05, 3.63) is 75.4 Å². The van der Waals surface area contributed by atoms with Gasteiger partial charge in [-0.3, -0.25) is 14.4 Å². The highest BCUT2D eigenvalue weighted by molar-refractivity contribution is 7.21. The van der Waals surface area contributed by atoms with Gasteiger partial charge in [-0.2, -0.15) is 0 Å². The van der Waals surface area contributed by atoms with Crippen LogP contribution in [0.1, 0.15) is 27.6 Å². The third-order valence-corrected chi connectivity index (χ3v) is 6.94. The summed E-state index contributed by atoms with van der Waals surface area (Å²) in [5, 5.41) is 3.41. The Balaban J connectivity index is 1.75. The molecule has 0 fully saturated rings. The SMILES string of the molecule is CNC(=O)CCN(Cc1ccc(C)o1)C(=O)c1cc2c(OC)ccc(-c3ccc(=O)n(C)c3)c2s1. The van der Waals surface area contributed by atoms with E-state index in [1.165, 1.54) is 22.0 Å². The van der Waals surface area contributed by atoms with E-state index in [1.54, 1.807) is 38.4 Å². The number of furan rings is 1. The van der Waals surface area contributed by atoms with E-state index in [2.05, 4.69) is 5.32 Å². The number of rotatable bonds is 8. The number of carbonyl (C=O) groups excluding carboxylic acids is 2. The highest BCUT2D eigenvalue weighted by Crippen LogP contribution is 2.40. The molecule has 182 valence electrons. The van der Waals surface area contributed by atoms with Crippen molar-refractivity contribution in [3.8, 4) is 16.9 Å². The summed E-state index contributed by atoms with van der Waals surface area (Å²) in [7, 11) is 4.87. The van der Waals surface area contributed by atoms with Crippen LogP contribution in [0.25, 0.3) is 21.2 Å². The van der Waals surface area contributed by atoms with E-state index < -0.39 is 0 Å². The lowest BCUT2D eigenvalue weighted by Crippen LogP contribution is -2.33. The number of nitrogens with zero attached hydrogens (tertiary/aromatic N) is 2. The van der Waals surface area contributed by atoms with Crippen LogP contribution in [0.4, 0.5) is 0 Å². The molecule has 0 aliphatic rings. The van der Waals surface area contributed by atoms with Gasteiger partial charge in [-0.25, -0.2) is 0 Å². The van der Waals surface area contributed by atoms with Gasteiger partial charge in [0, 0.05) is 55.0 Å². The molecule has 4 rings (SSSR count). The molecule has 35 heavy (non-hydrogen) atoms. The van der Waals surface area contributed by atoms with Gasteiger partial charge in [0.05, 0.1) is 18.5 Å². The number of pyridine rings is 1. The van der Waals surface area contributed by atoms with Gasteiger partial charge in [0.15, 0.2) is 0 Å². The molecule has 0 saturated heterocycles. The fourth-order valence-electron chi connectivity index (χ4n) is 3.89. The maximum atomic E-state index is 13.6. The van der Waals surface area contributed by atoms with Gasteiger partial charge in [-0.05, 0) is 48.9 Å². The molecule has 2 amide bonds. The summed E-state index contributed by atoms with van der Waals surface area (Å²) >= 11 is 1.36. The lowest BCUT2D eigenvalue weighted by atomic mass is 10.1. The quantitative estimate of drug-likeness (QED) is 0.401. The Morgan fingerprint density at radius 1 is 1.17 bits per heavy atom. The lowest BCUT2D eigenvalue weighted by molar-refractivity contribution is -0.120. The van der Waals surface area contributed by atoms with Crippen molar-refractivity contribution < 1.29 is 18.7 Å². The normalized spacial score (nSPS) is 11.0. The number of carbonyl (C=O) groups is 2. The molecule has 1 aromatic carbocycles. The molecule has 0 aliphatic heterocycles. The van der Waals surface area contributed by atoms with E-state index in [0.717, 1.165) is 27.0 Å². The van der Waals surface area contributed by atoms with Crippen LogP contribution in [0, 0.1) is 6.92 Å². The van der Waals surface area contributed by atoms with Crippen LogP contribution in [-0.4, -0.2) is 42.0 Å². The molecule has 0 aliphatic carbocycles. The fourth-order valence-corrected chi connectivity index (χ4v) is 5.07. The number of thiophene rings is 1. The van der Waals surface area contributed by atoms with E-state index in [-0.39, 0.29) is 36.9 Å². The third-order valence-electron chi connectivity index (χ3n) is 5.79. The first kappa shape index (κ1) is 24.3. The number of hydrogen-bond donors (Lipinski definition) is 1. The summed E-state index contributed by atoms with van der Waals surface area (Å²) in [6, 6.07) is 12.6. The van der Waals surface area contributed by atoms with Crippen LogP contribution in [0.5, 0.6) is 5.75 Å². The first-order valence-electron chi connectivity index (χ1n) is 11.1. The largest absolute Gasteiger partial charge is 0.496 e. The maximum Gasteiger partial charge on any atom is 0.264 e. The topological polar surface area (TPSA) is 93.8 Å². The molecule has 0 saturated carbocycles. The summed E-state index contributed by atoms with van der Waals surface area (Å²) < 4.78 is 13.7. The molecule has 3 aromatic heterocycles. The molecular formula is C26H27N3O5S. The van der Waals surface area contributed by atoms with Crippen LogP contribution >= 0.6 is 11.3 Å². The number of methoxy groups -OCH3 is 1. The Bertz CT molecular complexity index is 1450. The van der Waals surface area contributed by atoms with Gasteiger partial charge in [-0.1, -0.05) is 0 Å². The second-order valence-electron chi connectivity index (χ2n) is 8.20. The molecule has 3 heterocycles. The summed E-state index contributed by atoms with van der Waals surface area (Å²) in [5.74, 6) is 1.72. The number of amides is 2. The minimum absolute atomic E-state index is 0.0968. The molecule has 0 radical (unpaired) electrons. The van der Waals surface area contributed by atoms with Gasteiger partial charge < -0.3 is 23.9 Å². The van der Waals surface area contributed by atoms with Crippen LogP contribution < -0.4 is 15.6 Å². The minimum atomic E-state index is -0.197. The zero-order valence-corrected chi connectivity index (χ0v) is 20.9. The molecular weight excluding hydrogens is 466 g/mol. The number of hydrogen-bond acceptors (Lipinski definition) is 6. The molecule has 0 unspecified atom stereocenters. The van der Waals surface area contributed by atoms with E-state index in [1.807, 2.05) is 37.3 Å². The summed E-state index contributed by atoms with van der Waals surface area (Å²) in [5.41, 5.74) is 1.67. The molecule has 8 nitrogen and oxygen atoms in total. The second kappa shape index (κ2) is 10.2. The van der Waals surface area contributed by atoms with Crippen LogP contribution in [0.3, 0.4) is 0 Å². The van der Waals surface area contributed by atoms with E-state index in [4.69, 9.17) is 9.15 Å². The Labute approximate surface area is 206 Å². The van der Waals surface area contributed by atoms with Crippen LogP contribution in [0.2, 0.25) is 0 Å². The Hall–Kier alpha value is -3.85. The summed E-state index contributed by atoms with van der Waals surface area (Å²) in [4.78, 5) is 39.6. The number of nitrogens with one attached hydrogen (secondary N) is 1. The fraction of sp³-hybridized carbons (Fsp3) is 0.269.